The van der Waals surface area contributed by atoms with Crippen LogP contribution in [0.25, 0.3) is 43.8 Å². The van der Waals surface area contributed by atoms with Crippen molar-refractivity contribution in [3.63, 3.8) is 0 Å². The molecule has 0 bridgehead atoms. The van der Waals surface area contributed by atoms with Crippen LogP contribution in [0.1, 0.15) is 35.7 Å². The van der Waals surface area contributed by atoms with Gasteiger partial charge in [0.15, 0.2) is 0 Å². The number of anilines is 1. The van der Waals surface area contributed by atoms with Crippen molar-refractivity contribution in [1.82, 2.24) is 9.55 Å². The molecule has 4 heteroatoms. The van der Waals surface area contributed by atoms with E-state index < -0.39 is 0 Å². The van der Waals surface area contributed by atoms with Crippen LogP contribution < -0.4 is 4.90 Å². The summed E-state index contributed by atoms with van der Waals surface area (Å²) in [5.41, 5.74) is 12.0. The highest BCUT2D eigenvalue weighted by Crippen LogP contribution is 2.46. The molecule has 4 nitrogen and oxygen atoms in total. The molecule has 2 aliphatic carbocycles. The van der Waals surface area contributed by atoms with Crippen molar-refractivity contribution in [2.45, 2.75) is 24.9 Å². The average Bonchev–Trinajstić information content (AvgIpc) is 3.94. The van der Waals surface area contributed by atoms with E-state index in [0.717, 1.165) is 30.1 Å². The molecule has 2 aliphatic heterocycles. The molecule has 0 saturated heterocycles. The molecule has 3 unspecified atom stereocenters. The Morgan fingerprint density at radius 2 is 1.49 bits per heavy atom. The van der Waals surface area contributed by atoms with E-state index in [2.05, 4.69) is 179 Å². The Morgan fingerprint density at radius 3 is 2.43 bits per heavy atom. The van der Waals surface area contributed by atoms with Gasteiger partial charge in [0.25, 0.3) is 0 Å². The second kappa shape index (κ2) is 12.0. The van der Waals surface area contributed by atoms with Crippen LogP contribution in [0.5, 0.6) is 0 Å². The van der Waals surface area contributed by atoms with E-state index in [4.69, 9.17) is 9.98 Å². The molecule has 4 aliphatic rings. The van der Waals surface area contributed by atoms with Crippen LogP contribution in [0.4, 0.5) is 5.82 Å². The van der Waals surface area contributed by atoms with Crippen molar-refractivity contribution < 1.29 is 0 Å². The lowest BCUT2D eigenvalue weighted by molar-refractivity contribution is 0.677. The zero-order valence-corrected chi connectivity index (χ0v) is 29.2. The van der Waals surface area contributed by atoms with Crippen LogP contribution in [0, 0.1) is 5.92 Å². The summed E-state index contributed by atoms with van der Waals surface area (Å²) in [6.45, 7) is 0. The predicted molar refractivity (Wildman–Crippen MR) is 220 cm³/mol. The van der Waals surface area contributed by atoms with E-state index in [-0.39, 0.29) is 18.0 Å². The smallest absolute Gasteiger partial charge is 0.134 e. The molecule has 11 rings (SSSR count). The van der Waals surface area contributed by atoms with Gasteiger partial charge in [0.05, 0.1) is 34.5 Å². The van der Waals surface area contributed by atoms with Crippen molar-refractivity contribution in [3.8, 4) is 5.69 Å². The highest BCUT2D eigenvalue weighted by molar-refractivity contribution is 6.11. The van der Waals surface area contributed by atoms with Gasteiger partial charge in [0.2, 0.25) is 0 Å². The molecule has 0 amide bonds. The van der Waals surface area contributed by atoms with Crippen LogP contribution in [0.2, 0.25) is 0 Å². The standard InChI is InChI=1S/C49H36N4/c1-2-12-33(13-3-1)42-25-26-44(50-42)43-17-10-20-49(51-43)53-46-19-9-7-16-39(46)41-31-36(23-28-48(41)53)35-22-27-47-40(30-35)38-15-6-8-18-45(38)52(47)37-24-21-32-11-4-5-14-34(32)29-37/h1-8,10-18,20-31,41-42,48H,9,19H2. The number of aliphatic imine (C=N–C) groups is 1. The van der Waals surface area contributed by atoms with Gasteiger partial charge in [-0.1, -0.05) is 127 Å². The van der Waals surface area contributed by atoms with Crippen molar-refractivity contribution in [2.75, 3.05) is 4.90 Å². The summed E-state index contributed by atoms with van der Waals surface area (Å²) in [4.78, 5) is 12.8. The SMILES string of the molecule is C1=CC2=C(CC1)N(c1cccc(C3=NC(c4ccccc4)C=C3)n1)C1C=CC(c3ccc4c(c3)c3ccccc3n4-c3ccc4ccccc4c3)=CC21. The third kappa shape index (κ3) is 4.90. The van der Waals surface area contributed by atoms with Gasteiger partial charge >= 0.3 is 0 Å². The summed E-state index contributed by atoms with van der Waals surface area (Å²) in [5.74, 6) is 1.23. The molecule has 0 spiro atoms. The minimum Gasteiger partial charge on any atom is -0.322 e. The Bertz CT molecular complexity index is 2810. The summed E-state index contributed by atoms with van der Waals surface area (Å²) in [6.07, 6.45) is 18.3. The zero-order chi connectivity index (χ0) is 34.9. The third-order valence-corrected chi connectivity index (χ3v) is 11.4. The molecule has 0 fully saturated rings. The van der Waals surface area contributed by atoms with Crippen molar-refractivity contribution >= 4 is 49.7 Å². The summed E-state index contributed by atoms with van der Waals surface area (Å²) < 4.78 is 2.41. The largest absolute Gasteiger partial charge is 0.322 e. The van der Waals surface area contributed by atoms with E-state index in [1.165, 1.54) is 66.2 Å². The molecular weight excluding hydrogens is 645 g/mol. The van der Waals surface area contributed by atoms with Gasteiger partial charge in [-0.2, -0.15) is 0 Å². The van der Waals surface area contributed by atoms with Crippen LogP contribution in [0.3, 0.4) is 0 Å². The van der Waals surface area contributed by atoms with E-state index in [1.54, 1.807) is 0 Å². The number of nitrogens with zero attached hydrogens (tertiary/aromatic N) is 4. The molecule has 252 valence electrons. The lowest BCUT2D eigenvalue weighted by atomic mass is 9.84. The Kier molecular flexibility index (Phi) is 6.84. The third-order valence-electron chi connectivity index (χ3n) is 11.4. The fourth-order valence-electron chi connectivity index (χ4n) is 8.94. The fraction of sp³-hybridized carbons (Fsp3) is 0.102. The maximum absolute atomic E-state index is 5.26. The van der Waals surface area contributed by atoms with Gasteiger partial charge in [0, 0.05) is 28.1 Å². The van der Waals surface area contributed by atoms with Gasteiger partial charge in [-0.3, -0.25) is 4.99 Å². The number of para-hydroxylation sites is 1. The molecule has 0 saturated carbocycles. The minimum atomic E-state index is 0.0323. The first-order valence-corrected chi connectivity index (χ1v) is 18.7. The topological polar surface area (TPSA) is 33.4 Å². The number of hydrogen-bond donors (Lipinski definition) is 0. The molecule has 53 heavy (non-hydrogen) atoms. The second-order valence-corrected chi connectivity index (χ2v) is 14.4. The summed E-state index contributed by atoms with van der Waals surface area (Å²) >= 11 is 0. The van der Waals surface area contributed by atoms with E-state index in [1.807, 2.05) is 6.07 Å². The van der Waals surface area contributed by atoms with Gasteiger partial charge in [0.1, 0.15) is 5.82 Å². The number of fused-ring (bicyclic) bond motifs is 6. The van der Waals surface area contributed by atoms with Gasteiger partial charge in [-0.25, -0.2) is 4.98 Å². The number of rotatable bonds is 5. The quantitative estimate of drug-likeness (QED) is 0.181. The number of hydrogen-bond acceptors (Lipinski definition) is 3. The number of benzene rings is 5. The first kappa shape index (κ1) is 30.1. The minimum absolute atomic E-state index is 0.0323. The van der Waals surface area contributed by atoms with Crippen LogP contribution in [-0.4, -0.2) is 21.3 Å². The molecule has 5 aromatic carbocycles. The molecule has 4 heterocycles. The predicted octanol–water partition coefficient (Wildman–Crippen LogP) is 11.5. The number of aromatic nitrogens is 2. The van der Waals surface area contributed by atoms with E-state index in [0.29, 0.717) is 0 Å². The van der Waals surface area contributed by atoms with Crippen LogP contribution in [-0.2, 0) is 0 Å². The van der Waals surface area contributed by atoms with Gasteiger partial charge in [-0.15, -0.1) is 0 Å². The average molecular weight is 681 g/mol. The maximum Gasteiger partial charge on any atom is 0.134 e. The van der Waals surface area contributed by atoms with Crippen molar-refractivity contribution in [2.24, 2.45) is 10.9 Å². The molecule has 2 aromatic heterocycles. The Hall–Kier alpha value is -6.52. The summed E-state index contributed by atoms with van der Waals surface area (Å²) in [6, 6.07) is 48.2. The monoisotopic (exact) mass is 680 g/mol. The van der Waals surface area contributed by atoms with Crippen molar-refractivity contribution in [3.05, 3.63) is 204 Å². The highest BCUT2D eigenvalue weighted by Gasteiger charge is 2.40. The zero-order valence-electron chi connectivity index (χ0n) is 29.2. The molecule has 7 aromatic rings. The normalized spacial score (nSPS) is 20.4. The first-order valence-electron chi connectivity index (χ1n) is 18.7. The molecule has 3 atom stereocenters. The van der Waals surface area contributed by atoms with Crippen LogP contribution >= 0.6 is 0 Å². The Balaban J connectivity index is 0.954. The summed E-state index contributed by atoms with van der Waals surface area (Å²) in [7, 11) is 0. The van der Waals surface area contributed by atoms with Crippen molar-refractivity contribution in [1.29, 1.82) is 0 Å². The first-order chi connectivity index (χ1) is 26.3. The Morgan fingerprint density at radius 1 is 0.642 bits per heavy atom. The van der Waals surface area contributed by atoms with E-state index in [9.17, 15) is 0 Å². The molecule has 0 radical (unpaired) electrons. The molecule has 0 N–H and O–H groups in total. The highest BCUT2D eigenvalue weighted by atomic mass is 15.2. The Labute approximate surface area is 308 Å². The van der Waals surface area contributed by atoms with Gasteiger partial charge < -0.3 is 9.47 Å². The lowest BCUT2D eigenvalue weighted by Crippen LogP contribution is -2.34. The second-order valence-electron chi connectivity index (χ2n) is 14.4. The summed E-state index contributed by atoms with van der Waals surface area (Å²) in [5, 5.41) is 5.04. The van der Waals surface area contributed by atoms with E-state index >= 15 is 0 Å². The fourth-order valence-corrected chi connectivity index (χ4v) is 8.94. The van der Waals surface area contributed by atoms with Gasteiger partial charge in [-0.05, 0) is 94.4 Å². The number of pyridine rings is 1. The van der Waals surface area contributed by atoms with Crippen LogP contribution in [0.15, 0.2) is 192 Å². The lowest BCUT2D eigenvalue weighted by Gasteiger charge is -2.31. The molecular formula is C49H36N4. The maximum atomic E-state index is 5.26. The number of allylic oxidation sites excluding steroid dienone is 6.